The number of urea groups is 1. The maximum Gasteiger partial charge on any atom is 0.341 e. The number of carbonyl (C=O) groups excluding carboxylic acids is 2. The molecule has 1 heterocycles. The number of benzene rings is 1. The largest absolute Gasteiger partial charge is 0.398 e. The van der Waals surface area contributed by atoms with Crippen molar-refractivity contribution in [3.05, 3.63) is 41.0 Å². The molecule has 1 aliphatic rings. The monoisotopic (exact) mass is 435 g/mol. The molecule has 0 bridgehead atoms. The molecule has 9 heteroatoms. The molecule has 170 valence electrons. The number of hydrogen-bond donors (Lipinski definition) is 3. The SMILES string of the molecule is CCN1CCC(=NC(=O)N[C@H](C(=O)NC)C(C)(C)C)C(=C(N)c2ccc(F)c(F)c2)C1. The van der Waals surface area contributed by atoms with Crippen LogP contribution in [-0.2, 0) is 4.79 Å². The number of nitrogens with two attached hydrogens (primary N) is 1. The Morgan fingerprint density at radius 3 is 2.48 bits per heavy atom. The molecule has 1 atom stereocenters. The Morgan fingerprint density at radius 1 is 1.26 bits per heavy atom. The number of nitrogens with one attached hydrogen (secondary N) is 2. The van der Waals surface area contributed by atoms with Crippen molar-refractivity contribution >= 4 is 23.3 Å². The molecular formula is C22H31F2N5O2. The molecule has 3 amide bonds. The highest BCUT2D eigenvalue weighted by molar-refractivity contribution is 6.11. The third kappa shape index (κ3) is 6.10. The molecule has 1 fully saturated rings. The van der Waals surface area contributed by atoms with E-state index in [0.29, 0.717) is 36.4 Å². The molecule has 0 spiro atoms. The summed E-state index contributed by atoms with van der Waals surface area (Å²) < 4.78 is 27.1. The van der Waals surface area contributed by atoms with Gasteiger partial charge in [-0.3, -0.25) is 9.69 Å². The molecule has 0 aromatic heterocycles. The second kappa shape index (κ2) is 10.00. The molecule has 0 aliphatic carbocycles. The average molecular weight is 436 g/mol. The zero-order chi connectivity index (χ0) is 23.3. The number of hydrogen-bond acceptors (Lipinski definition) is 4. The summed E-state index contributed by atoms with van der Waals surface area (Å²) in [4.78, 5) is 31.2. The van der Waals surface area contributed by atoms with Crippen LogP contribution < -0.4 is 16.4 Å². The molecule has 1 saturated heterocycles. The van der Waals surface area contributed by atoms with Gasteiger partial charge in [-0.25, -0.2) is 13.6 Å². The minimum Gasteiger partial charge on any atom is -0.398 e. The Hall–Kier alpha value is -2.81. The van der Waals surface area contributed by atoms with Crippen molar-refractivity contribution in [1.29, 1.82) is 0 Å². The Kier molecular flexibility index (Phi) is 7.89. The molecule has 1 aromatic rings. The first-order valence-corrected chi connectivity index (χ1v) is 10.2. The summed E-state index contributed by atoms with van der Waals surface area (Å²) in [7, 11) is 1.50. The fourth-order valence-electron chi connectivity index (χ4n) is 3.38. The summed E-state index contributed by atoms with van der Waals surface area (Å²) >= 11 is 0. The number of likely N-dealkylation sites (N-methyl/N-ethyl adjacent to an activating group) is 2. The van der Waals surface area contributed by atoms with E-state index in [1.807, 2.05) is 27.7 Å². The molecule has 7 nitrogen and oxygen atoms in total. The van der Waals surface area contributed by atoms with E-state index < -0.39 is 29.1 Å². The van der Waals surface area contributed by atoms with E-state index in [-0.39, 0.29) is 11.6 Å². The first kappa shape index (κ1) is 24.5. The predicted octanol–water partition coefficient (Wildman–Crippen LogP) is 2.67. The van der Waals surface area contributed by atoms with Crippen molar-refractivity contribution < 1.29 is 18.4 Å². The lowest BCUT2D eigenvalue weighted by Crippen LogP contribution is -2.52. The van der Waals surface area contributed by atoms with Crippen LogP contribution in [0.5, 0.6) is 0 Å². The van der Waals surface area contributed by atoms with Crippen LogP contribution in [-0.4, -0.2) is 55.3 Å². The number of carbonyl (C=O) groups is 2. The van der Waals surface area contributed by atoms with Crippen molar-refractivity contribution in [3.8, 4) is 0 Å². The summed E-state index contributed by atoms with van der Waals surface area (Å²) in [6.07, 6.45) is 0.459. The number of piperidine rings is 1. The maximum absolute atomic E-state index is 13.7. The molecule has 31 heavy (non-hydrogen) atoms. The quantitative estimate of drug-likeness (QED) is 0.677. The number of nitrogens with zero attached hydrogens (tertiary/aromatic N) is 2. The van der Waals surface area contributed by atoms with Gasteiger partial charge in [-0.2, -0.15) is 4.99 Å². The molecule has 1 aromatic carbocycles. The Morgan fingerprint density at radius 2 is 1.94 bits per heavy atom. The summed E-state index contributed by atoms with van der Waals surface area (Å²) in [5.41, 5.74) is 7.38. The van der Waals surface area contributed by atoms with E-state index in [0.717, 1.165) is 18.7 Å². The van der Waals surface area contributed by atoms with E-state index >= 15 is 0 Å². The highest BCUT2D eigenvalue weighted by atomic mass is 19.2. The molecule has 1 aliphatic heterocycles. The van der Waals surface area contributed by atoms with Crippen LogP contribution >= 0.6 is 0 Å². The summed E-state index contributed by atoms with van der Waals surface area (Å²) in [5, 5.41) is 5.22. The third-order valence-corrected chi connectivity index (χ3v) is 5.28. The van der Waals surface area contributed by atoms with E-state index in [2.05, 4.69) is 20.5 Å². The van der Waals surface area contributed by atoms with Gasteiger partial charge in [0.1, 0.15) is 6.04 Å². The van der Waals surface area contributed by atoms with Gasteiger partial charge in [0, 0.05) is 43.4 Å². The molecule has 0 unspecified atom stereocenters. The van der Waals surface area contributed by atoms with Crippen molar-refractivity contribution in [2.45, 2.75) is 40.2 Å². The Labute approximate surface area is 181 Å². The van der Waals surface area contributed by atoms with Crippen molar-refractivity contribution in [2.75, 3.05) is 26.7 Å². The lowest BCUT2D eigenvalue weighted by Gasteiger charge is -2.31. The van der Waals surface area contributed by atoms with Crippen molar-refractivity contribution in [2.24, 2.45) is 16.1 Å². The van der Waals surface area contributed by atoms with Gasteiger partial charge >= 0.3 is 6.03 Å². The number of aliphatic imine (C=N–C) groups is 1. The van der Waals surface area contributed by atoms with E-state index in [1.165, 1.54) is 13.1 Å². The van der Waals surface area contributed by atoms with Crippen molar-refractivity contribution in [3.63, 3.8) is 0 Å². The van der Waals surface area contributed by atoms with Crippen LogP contribution in [0.3, 0.4) is 0 Å². The van der Waals surface area contributed by atoms with Gasteiger partial charge in [-0.15, -0.1) is 0 Å². The van der Waals surface area contributed by atoms with Gasteiger partial charge in [0.15, 0.2) is 11.6 Å². The van der Waals surface area contributed by atoms with Crippen LogP contribution in [0.15, 0.2) is 28.8 Å². The molecule has 0 radical (unpaired) electrons. The van der Waals surface area contributed by atoms with Crippen molar-refractivity contribution in [1.82, 2.24) is 15.5 Å². The number of rotatable bonds is 4. The molecular weight excluding hydrogens is 404 g/mol. The fourth-order valence-corrected chi connectivity index (χ4v) is 3.38. The van der Waals surface area contributed by atoms with Gasteiger partial charge in [-0.05, 0) is 30.2 Å². The van der Waals surface area contributed by atoms with Crippen LogP contribution in [0, 0.1) is 17.0 Å². The summed E-state index contributed by atoms with van der Waals surface area (Å²) in [6.45, 7) is 9.38. The van der Waals surface area contributed by atoms with E-state index in [9.17, 15) is 18.4 Å². The van der Waals surface area contributed by atoms with Gasteiger partial charge < -0.3 is 16.4 Å². The van der Waals surface area contributed by atoms with E-state index in [4.69, 9.17) is 5.73 Å². The minimum absolute atomic E-state index is 0.238. The van der Waals surface area contributed by atoms with Gasteiger partial charge in [0.2, 0.25) is 5.91 Å². The Bertz CT molecular complexity index is 906. The number of amides is 3. The highest BCUT2D eigenvalue weighted by Gasteiger charge is 2.32. The van der Waals surface area contributed by atoms with E-state index in [1.54, 1.807) is 0 Å². The Balaban J connectivity index is 2.41. The average Bonchev–Trinajstić information content (AvgIpc) is 2.72. The number of halogens is 2. The van der Waals surface area contributed by atoms with Crippen LogP contribution in [0.1, 0.15) is 39.7 Å². The second-order valence-corrected chi connectivity index (χ2v) is 8.56. The van der Waals surface area contributed by atoms with Crippen LogP contribution in [0.25, 0.3) is 5.70 Å². The van der Waals surface area contributed by atoms with Gasteiger partial charge in [0.05, 0.1) is 5.71 Å². The zero-order valence-corrected chi connectivity index (χ0v) is 18.7. The highest BCUT2D eigenvalue weighted by Crippen LogP contribution is 2.23. The predicted molar refractivity (Wildman–Crippen MR) is 117 cm³/mol. The molecule has 4 N–H and O–H groups in total. The zero-order valence-electron chi connectivity index (χ0n) is 18.7. The lowest BCUT2D eigenvalue weighted by atomic mass is 9.86. The smallest absolute Gasteiger partial charge is 0.341 e. The van der Waals surface area contributed by atoms with Gasteiger partial charge in [-0.1, -0.05) is 27.7 Å². The first-order valence-electron chi connectivity index (χ1n) is 10.2. The van der Waals surface area contributed by atoms with Crippen LogP contribution in [0.4, 0.5) is 13.6 Å². The van der Waals surface area contributed by atoms with Gasteiger partial charge in [0.25, 0.3) is 0 Å². The fraction of sp³-hybridized carbons (Fsp3) is 0.500. The summed E-state index contributed by atoms with van der Waals surface area (Å²) in [6, 6.07) is 2.01. The minimum atomic E-state index is -1.00. The lowest BCUT2D eigenvalue weighted by molar-refractivity contribution is -0.124. The maximum atomic E-state index is 13.7. The third-order valence-electron chi connectivity index (χ3n) is 5.28. The summed E-state index contributed by atoms with van der Waals surface area (Å²) in [5.74, 6) is -2.28. The van der Waals surface area contributed by atoms with Crippen LogP contribution in [0.2, 0.25) is 0 Å². The topological polar surface area (TPSA) is 99.8 Å². The molecule has 2 rings (SSSR count). The standard InChI is InChI=1S/C22H31F2N5O2/c1-6-29-10-9-17(27-21(31)28-19(20(30)26-5)22(2,3)4)14(12-29)18(25)13-7-8-15(23)16(24)11-13/h7-8,11,19H,6,9-10,12,25H2,1-5H3,(H,26,30)(H,28,31)/t19-/m1/s1. The molecule has 0 saturated carbocycles. The second-order valence-electron chi connectivity index (χ2n) is 8.56. The number of likely N-dealkylation sites (tertiary alicyclic amines) is 1. The first-order chi connectivity index (χ1) is 14.5. The normalized spacial score (nSPS) is 19.1.